The second kappa shape index (κ2) is 3.81. The Morgan fingerprint density at radius 3 is 2.60 bits per heavy atom. The fourth-order valence-electron chi connectivity index (χ4n) is 0.347. The van der Waals surface area contributed by atoms with E-state index in [1.54, 1.807) is 0 Å². The fourth-order valence-corrected chi connectivity index (χ4v) is 0.624. The zero-order chi connectivity index (χ0) is 6.85. The number of hydrogen-bond donors (Lipinski definition) is 0. The van der Waals surface area contributed by atoms with Gasteiger partial charge in [0.1, 0.15) is 5.97 Å². The van der Waals surface area contributed by atoms with Crippen LogP contribution in [0.4, 0.5) is 0 Å². The van der Waals surface area contributed by atoms with Crippen LogP contribution in [0.15, 0.2) is 15.4 Å². The van der Waals surface area contributed by atoms with Crippen LogP contribution in [0, 0.1) is 0 Å². The molecule has 0 amide bonds. The van der Waals surface area contributed by atoms with Crippen LogP contribution in [0.1, 0.15) is 10.6 Å². The number of carboxylic acids is 1. The molecule has 6 heteroatoms. The summed E-state index contributed by atoms with van der Waals surface area (Å²) in [6.07, 6.45) is 1.07. The summed E-state index contributed by atoms with van der Waals surface area (Å²) in [6, 6.07) is 0. The Morgan fingerprint density at radius 1 is 1.80 bits per heavy atom. The number of carbonyl (C=O) groups is 1. The largest absolute Gasteiger partial charge is 1.00 e. The van der Waals surface area contributed by atoms with Gasteiger partial charge >= 0.3 is 18.9 Å². The summed E-state index contributed by atoms with van der Waals surface area (Å²) in [7, 11) is 0. The van der Waals surface area contributed by atoms with E-state index in [1.807, 2.05) is 0 Å². The molecule has 0 unspecified atom stereocenters. The number of rotatable bonds is 1. The van der Waals surface area contributed by atoms with E-state index in [0.717, 1.165) is 6.20 Å². The monoisotopic (exact) mass is 197 g/mol. The van der Waals surface area contributed by atoms with E-state index in [-0.39, 0.29) is 29.4 Å². The Labute approximate surface area is 76.9 Å². The number of hydrogen-bond acceptors (Lipinski definition) is 4. The minimum absolute atomic E-state index is 0. The molecule has 1 aromatic heterocycles. The minimum atomic E-state index is -1.37. The summed E-state index contributed by atoms with van der Waals surface area (Å²) in [6.45, 7) is 0. The van der Waals surface area contributed by atoms with Crippen LogP contribution < -0.4 is 24.0 Å². The topological polar surface area (TPSA) is 66.2 Å². The van der Waals surface area contributed by atoms with Gasteiger partial charge in [-0.2, -0.15) is 0 Å². The smallest absolute Gasteiger partial charge is 0.541 e. The predicted molar refractivity (Wildman–Crippen MR) is 28.5 cm³/mol. The van der Waals surface area contributed by atoms with E-state index in [1.165, 1.54) is 0 Å². The zero-order valence-electron chi connectivity index (χ0n) is 5.13. The Hall–Kier alpha value is -0.243. The molecule has 0 aliphatic heterocycles. The van der Waals surface area contributed by atoms with E-state index in [0.29, 0.717) is 0 Å². The van der Waals surface area contributed by atoms with E-state index in [9.17, 15) is 9.90 Å². The van der Waals surface area contributed by atoms with Gasteiger partial charge in [-0.15, -0.1) is 0 Å². The number of halogens is 1. The normalized spacial score (nSPS) is 8.50. The first-order valence-corrected chi connectivity index (χ1v) is 2.82. The molecule has 0 fully saturated rings. The van der Waals surface area contributed by atoms with Crippen LogP contribution in [0.3, 0.4) is 0 Å². The average molecular weight is 198 g/mol. The van der Waals surface area contributed by atoms with E-state index in [4.69, 9.17) is 0 Å². The maximum atomic E-state index is 9.95. The van der Waals surface area contributed by atoms with Crippen molar-refractivity contribution in [3.63, 3.8) is 0 Å². The molecule has 0 aliphatic carbocycles. The quantitative estimate of drug-likeness (QED) is 0.446. The first-order chi connectivity index (χ1) is 4.20. The third-order valence-corrected chi connectivity index (χ3v) is 1.05. The number of carboxylic acid groups (broad SMARTS) is 1. The summed E-state index contributed by atoms with van der Waals surface area (Å²) in [5.41, 5.74) is 0. The molecule has 0 radical (unpaired) electrons. The van der Waals surface area contributed by atoms with Gasteiger partial charge in [-0.1, -0.05) is 0 Å². The molecule has 0 saturated heterocycles. The van der Waals surface area contributed by atoms with Crippen LogP contribution in [0.5, 0.6) is 0 Å². The minimum Gasteiger partial charge on any atom is -0.541 e. The molecule has 0 atom stereocenters. The van der Waals surface area contributed by atoms with Crippen molar-refractivity contribution in [2.45, 2.75) is 0 Å². The van der Waals surface area contributed by atoms with Crippen LogP contribution in [0.25, 0.3) is 0 Å². The summed E-state index contributed by atoms with van der Waals surface area (Å²) < 4.78 is 4.49. The Morgan fingerprint density at radius 2 is 2.40 bits per heavy atom. The van der Waals surface area contributed by atoms with Crippen molar-refractivity contribution in [3.8, 4) is 0 Å². The number of aromatic carboxylic acids is 1. The van der Waals surface area contributed by atoms with Gasteiger partial charge in [-0.05, 0) is 0 Å². The molecule has 4 nitrogen and oxygen atoms in total. The van der Waals surface area contributed by atoms with Crippen LogP contribution >= 0.6 is 15.9 Å². The molecule has 0 bridgehead atoms. The average Bonchev–Trinajstić information content (AvgIpc) is 2.14. The van der Waals surface area contributed by atoms with Crippen molar-refractivity contribution >= 4 is 21.9 Å². The van der Waals surface area contributed by atoms with Gasteiger partial charge in [0.2, 0.25) is 0 Å². The Kier molecular flexibility index (Phi) is 3.72. The molecule has 0 saturated carbocycles. The number of oxazole rings is 1. The second-order valence-electron chi connectivity index (χ2n) is 1.26. The maximum absolute atomic E-state index is 9.95. The molecule has 0 N–H and O–H groups in total. The van der Waals surface area contributed by atoms with Crippen molar-refractivity contribution in [2.24, 2.45) is 0 Å². The first kappa shape index (κ1) is 9.76. The Balaban J connectivity index is 0.000000810. The molecular weight excluding hydrogens is 197 g/mol. The second-order valence-corrected chi connectivity index (χ2v) is 1.94. The number of nitrogens with zero attached hydrogens (tertiary/aromatic N) is 1. The van der Waals surface area contributed by atoms with Gasteiger partial charge in [-0.25, -0.2) is 4.98 Å². The molecule has 0 aromatic carbocycles. The molecular formula is C4HBrLiNO3. The standard InChI is InChI=1S/C4H2BrNO3.Li/c5-4-6-1-2(9-4)3(7)8;/h1H,(H,7,8);/q;+1/p-1. The predicted octanol–water partition coefficient (Wildman–Crippen LogP) is -3.20. The van der Waals surface area contributed by atoms with Gasteiger partial charge in [-0.3, -0.25) is 0 Å². The van der Waals surface area contributed by atoms with Crippen LogP contribution in [-0.2, 0) is 0 Å². The SMILES string of the molecule is O=C([O-])c1cnc(Br)o1.[Li+]. The number of carbonyl (C=O) groups excluding carboxylic acids is 1. The third kappa shape index (κ3) is 2.18. The molecule has 0 aliphatic rings. The summed E-state index contributed by atoms with van der Waals surface area (Å²) in [5, 5.41) is 9.95. The van der Waals surface area contributed by atoms with Crippen molar-refractivity contribution in [2.75, 3.05) is 0 Å². The molecule has 1 aromatic rings. The Bertz CT molecular complexity index is 236. The van der Waals surface area contributed by atoms with Crippen molar-refractivity contribution < 1.29 is 33.2 Å². The van der Waals surface area contributed by atoms with Crippen molar-refractivity contribution in [3.05, 3.63) is 16.8 Å². The summed E-state index contributed by atoms with van der Waals surface area (Å²) in [5.74, 6) is -1.64. The summed E-state index contributed by atoms with van der Waals surface area (Å²) >= 11 is 2.83. The van der Waals surface area contributed by atoms with Gasteiger partial charge in [0.05, 0.1) is 6.20 Å². The molecule has 10 heavy (non-hydrogen) atoms. The van der Waals surface area contributed by atoms with E-state index in [2.05, 4.69) is 25.3 Å². The van der Waals surface area contributed by atoms with Crippen molar-refractivity contribution in [1.29, 1.82) is 0 Å². The molecule has 1 rings (SSSR count). The number of aromatic nitrogens is 1. The van der Waals surface area contributed by atoms with Gasteiger partial charge in [0, 0.05) is 15.9 Å². The molecule has 1 heterocycles. The van der Waals surface area contributed by atoms with Gasteiger partial charge in [0.15, 0.2) is 5.76 Å². The van der Waals surface area contributed by atoms with Crippen molar-refractivity contribution in [1.82, 2.24) is 4.98 Å². The van der Waals surface area contributed by atoms with E-state index >= 15 is 0 Å². The molecule has 48 valence electrons. The fraction of sp³-hybridized carbons (Fsp3) is 0. The first-order valence-electron chi connectivity index (χ1n) is 2.03. The van der Waals surface area contributed by atoms with Gasteiger partial charge in [0.25, 0.3) is 4.80 Å². The van der Waals surface area contributed by atoms with E-state index < -0.39 is 5.97 Å². The van der Waals surface area contributed by atoms with Crippen LogP contribution in [-0.4, -0.2) is 11.0 Å². The van der Waals surface area contributed by atoms with Crippen LogP contribution in [0.2, 0.25) is 0 Å². The summed E-state index contributed by atoms with van der Waals surface area (Å²) in [4.78, 5) is 13.6. The maximum Gasteiger partial charge on any atom is 1.00 e. The zero-order valence-corrected chi connectivity index (χ0v) is 6.71. The van der Waals surface area contributed by atoms with Gasteiger partial charge < -0.3 is 14.3 Å². The third-order valence-electron chi connectivity index (χ3n) is 0.679. The molecule has 0 spiro atoms.